The summed E-state index contributed by atoms with van der Waals surface area (Å²) in [4.78, 5) is 32.0. The fraction of sp³-hybridized carbons (Fsp3) is 0.591. The number of piperidine rings is 1. The van der Waals surface area contributed by atoms with Gasteiger partial charge in [0.2, 0.25) is 5.91 Å². The smallest absolute Gasteiger partial charge is 0.293 e. The van der Waals surface area contributed by atoms with Crippen LogP contribution in [-0.2, 0) is 16.1 Å². The molecular weight excluding hydrogens is 368 g/mol. The molecule has 29 heavy (non-hydrogen) atoms. The lowest BCUT2D eigenvalue weighted by Gasteiger charge is -2.32. The van der Waals surface area contributed by atoms with Crippen LogP contribution in [0.2, 0.25) is 0 Å². The molecule has 7 heteroatoms. The quantitative estimate of drug-likeness (QED) is 0.689. The zero-order chi connectivity index (χ0) is 20.8. The van der Waals surface area contributed by atoms with Crippen LogP contribution in [0.1, 0.15) is 40.0 Å². The van der Waals surface area contributed by atoms with Gasteiger partial charge < -0.3 is 19.5 Å². The monoisotopic (exact) mass is 400 g/mol. The third-order valence-electron chi connectivity index (χ3n) is 5.39. The van der Waals surface area contributed by atoms with Crippen molar-refractivity contribution in [2.24, 2.45) is 5.92 Å². The summed E-state index contributed by atoms with van der Waals surface area (Å²) in [6.45, 7) is 9.22. The molecule has 1 saturated heterocycles. The summed E-state index contributed by atoms with van der Waals surface area (Å²) in [6.07, 6.45) is 2.50. The molecule has 0 radical (unpaired) electrons. The first-order chi connectivity index (χ1) is 14.0. The number of amides is 1. The summed E-state index contributed by atoms with van der Waals surface area (Å²) in [6, 6.07) is 7.73. The Morgan fingerprint density at radius 1 is 1.28 bits per heavy atom. The lowest BCUT2D eigenvalue weighted by Crippen LogP contribution is -2.43. The minimum Gasteiger partial charge on any atom is -0.379 e. The number of nitrogens with zero attached hydrogens (tertiary/aromatic N) is 3. The van der Waals surface area contributed by atoms with E-state index in [1.165, 1.54) is 0 Å². The van der Waals surface area contributed by atoms with Gasteiger partial charge in [-0.15, -0.1) is 0 Å². The molecule has 0 atom stereocenters. The Bertz CT molecular complexity index is 885. The number of hydrogen-bond donors (Lipinski definition) is 1. The lowest BCUT2D eigenvalue weighted by molar-refractivity contribution is -0.125. The number of para-hydroxylation sites is 2. The Morgan fingerprint density at radius 2 is 2.00 bits per heavy atom. The van der Waals surface area contributed by atoms with E-state index in [1.54, 1.807) is 4.57 Å². The number of aryl methyl sites for hydroxylation is 1. The van der Waals surface area contributed by atoms with E-state index in [9.17, 15) is 9.59 Å². The molecule has 0 unspecified atom stereocenters. The maximum absolute atomic E-state index is 12.9. The first-order valence-corrected chi connectivity index (χ1v) is 10.6. The molecule has 0 bridgehead atoms. The van der Waals surface area contributed by atoms with E-state index < -0.39 is 0 Å². The van der Waals surface area contributed by atoms with Gasteiger partial charge in [0.25, 0.3) is 5.56 Å². The lowest BCUT2D eigenvalue weighted by atomic mass is 9.96. The van der Waals surface area contributed by atoms with Crippen LogP contribution >= 0.6 is 0 Å². The molecule has 1 aromatic carbocycles. The van der Waals surface area contributed by atoms with Crippen LogP contribution in [0.25, 0.3) is 11.0 Å². The summed E-state index contributed by atoms with van der Waals surface area (Å²) in [7, 11) is 0. The van der Waals surface area contributed by atoms with E-state index in [0.29, 0.717) is 38.6 Å². The highest BCUT2D eigenvalue weighted by Crippen LogP contribution is 2.22. The van der Waals surface area contributed by atoms with Gasteiger partial charge in [-0.05, 0) is 52.2 Å². The fourth-order valence-corrected chi connectivity index (χ4v) is 3.80. The molecule has 1 N–H and O–H groups in total. The Balaban J connectivity index is 1.59. The van der Waals surface area contributed by atoms with Crippen molar-refractivity contribution in [3.05, 3.63) is 34.6 Å². The predicted octanol–water partition coefficient (Wildman–Crippen LogP) is 2.56. The standard InChI is InChI=1S/C22H32N4O3/c1-4-26-19-9-6-5-8-18(19)24-20(22(26)28)25-13-10-17(11-14-25)21(27)23-12-7-15-29-16(2)3/h5-6,8-9,16-17H,4,7,10-15H2,1-3H3,(H,23,27). The minimum atomic E-state index is -0.0562. The molecule has 0 aliphatic carbocycles. The first kappa shape index (κ1) is 21.3. The van der Waals surface area contributed by atoms with E-state index in [4.69, 9.17) is 4.74 Å². The van der Waals surface area contributed by atoms with Crippen LogP contribution in [-0.4, -0.2) is 47.8 Å². The van der Waals surface area contributed by atoms with Crippen LogP contribution < -0.4 is 15.8 Å². The van der Waals surface area contributed by atoms with Crippen LogP contribution in [0.3, 0.4) is 0 Å². The second-order valence-electron chi connectivity index (χ2n) is 7.80. The molecule has 1 aliphatic rings. The molecule has 158 valence electrons. The summed E-state index contributed by atoms with van der Waals surface area (Å²) >= 11 is 0. The van der Waals surface area contributed by atoms with E-state index in [1.807, 2.05) is 49.9 Å². The molecule has 2 heterocycles. The van der Waals surface area contributed by atoms with Crippen molar-refractivity contribution >= 4 is 22.8 Å². The number of benzene rings is 1. The molecule has 1 aliphatic heterocycles. The Kier molecular flexibility index (Phi) is 7.25. The normalized spacial score (nSPS) is 15.2. The molecule has 3 rings (SSSR count). The third-order valence-corrected chi connectivity index (χ3v) is 5.39. The fourth-order valence-electron chi connectivity index (χ4n) is 3.80. The van der Waals surface area contributed by atoms with Gasteiger partial charge in [0.15, 0.2) is 5.82 Å². The van der Waals surface area contributed by atoms with Gasteiger partial charge in [0, 0.05) is 38.7 Å². The number of ether oxygens (including phenoxy) is 1. The van der Waals surface area contributed by atoms with Crippen LogP contribution in [0, 0.1) is 5.92 Å². The molecule has 2 aromatic rings. The predicted molar refractivity (Wildman–Crippen MR) is 115 cm³/mol. The molecule has 1 aromatic heterocycles. The Labute approximate surface area is 172 Å². The number of fused-ring (bicyclic) bond motifs is 1. The average Bonchev–Trinajstić information content (AvgIpc) is 2.73. The maximum atomic E-state index is 12.9. The SMILES string of the molecule is CCn1c(=O)c(N2CCC(C(=O)NCCCOC(C)C)CC2)nc2ccccc21. The second kappa shape index (κ2) is 9.87. The second-order valence-corrected chi connectivity index (χ2v) is 7.80. The number of carbonyl (C=O) groups is 1. The minimum absolute atomic E-state index is 0.00822. The van der Waals surface area contributed by atoms with Crippen molar-refractivity contribution < 1.29 is 9.53 Å². The van der Waals surface area contributed by atoms with Crippen molar-refractivity contribution in [1.82, 2.24) is 14.9 Å². The van der Waals surface area contributed by atoms with Crippen molar-refractivity contribution in [1.29, 1.82) is 0 Å². The number of hydrogen-bond acceptors (Lipinski definition) is 5. The Hall–Kier alpha value is -2.41. The molecule has 0 spiro atoms. The van der Waals surface area contributed by atoms with Crippen molar-refractivity contribution in [3.8, 4) is 0 Å². The third kappa shape index (κ3) is 5.15. The number of anilines is 1. The number of aromatic nitrogens is 2. The van der Waals surface area contributed by atoms with E-state index >= 15 is 0 Å². The zero-order valence-electron chi connectivity index (χ0n) is 17.7. The summed E-state index contributed by atoms with van der Waals surface area (Å²) in [5, 5.41) is 3.02. The summed E-state index contributed by atoms with van der Waals surface area (Å²) in [5.41, 5.74) is 1.63. The molecular formula is C22H32N4O3. The highest BCUT2D eigenvalue weighted by molar-refractivity contribution is 5.79. The summed E-state index contributed by atoms with van der Waals surface area (Å²) in [5.74, 6) is 0.591. The average molecular weight is 401 g/mol. The van der Waals surface area contributed by atoms with E-state index in [2.05, 4.69) is 10.3 Å². The number of rotatable bonds is 8. The van der Waals surface area contributed by atoms with Gasteiger partial charge in [0.1, 0.15) is 0 Å². The van der Waals surface area contributed by atoms with Gasteiger partial charge in [0.05, 0.1) is 17.1 Å². The van der Waals surface area contributed by atoms with Crippen molar-refractivity contribution in [2.75, 3.05) is 31.1 Å². The topological polar surface area (TPSA) is 76.5 Å². The number of carbonyl (C=O) groups excluding carboxylic acids is 1. The van der Waals surface area contributed by atoms with Crippen molar-refractivity contribution in [2.45, 2.75) is 52.7 Å². The molecule has 1 fully saturated rings. The van der Waals surface area contributed by atoms with Crippen LogP contribution in [0.4, 0.5) is 5.82 Å². The summed E-state index contributed by atoms with van der Waals surface area (Å²) < 4.78 is 7.27. The molecule has 1 amide bonds. The maximum Gasteiger partial charge on any atom is 0.293 e. The highest BCUT2D eigenvalue weighted by atomic mass is 16.5. The zero-order valence-corrected chi connectivity index (χ0v) is 17.7. The Morgan fingerprint density at radius 3 is 2.69 bits per heavy atom. The van der Waals surface area contributed by atoms with Crippen LogP contribution in [0.5, 0.6) is 0 Å². The number of nitrogens with one attached hydrogen (secondary N) is 1. The van der Waals surface area contributed by atoms with Gasteiger partial charge in [-0.1, -0.05) is 12.1 Å². The van der Waals surface area contributed by atoms with Gasteiger partial charge in [-0.25, -0.2) is 4.98 Å². The molecule has 7 nitrogen and oxygen atoms in total. The highest BCUT2D eigenvalue weighted by Gasteiger charge is 2.27. The van der Waals surface area contributed by atoms with Crippen molar-refractivity contribution in [3.63, 3.8) is 0 Å². The van der Waals surface area contributed by atoms with Gasteiger partial charge in [-0.2, -0.15) is 0 Å². The van der Waals surface area contributed by atoms with E-state index in [-0.39, 0.29) is 23.5 Å². The van der Waals surface area contributed by atoms with Gasteiger partial charge >= 0.3 is 0 Å². The van der Waals surface area contributed by atoms with Gasteiger partial charge in [-0.3, -0.25) is 9.59 Å². The van der Waals surface area contributed by atoms with E-state index in [0.717, 1.165) is 30.3 Å². The molecule has 0 saturated carbocycles. The largest absolute Gasteiger partial charge is 0.379 e. The first-order valence-electron chi connectivity index (χ1n) is 10.6. The van der Waals surface area contributed by atoms with Crippen LogP contribution in [0.15, 0.2) is 29.1 Å².